The lowest BCUT2D eigenvalue weighted by Gasteiger charge is -2.00. The van der Waals surface area contributed by atoms with Crippen molar-refractivity contribution in [2.24, 2.45) is 14.1 Å². The summed E-state index contributed by atoms with van der Waals surface area (Å²) >= 11 is 0. The molecule has 0 aliphatic carbocycles. The van der Waals surface area contributed by atoms with Crippen LogP contribution in [0.3, 0.4) is 0 Å². The molecule has 5 nitrogen and oxygen atoms in total. The van der Waals surface area contributed by atoms with Crippen LogP contribution in [-0.2, 0) is 14.1 Å². The molecule has 0 atom stereocenters. The summed E-state index contributed by atoms with van der Waals surface area (Å²) < 4.78 is 10.2. The van der Waals surface area contributed by atoms with Crippen molar-refractivity contribution in [3.8, 4) is 23.2 Å². The quantitative estimate of drug-likeness (QED) is 0.483. The number of rotatable bonds is 2. The number of furan rings is 1. The fourth-order valence-corrected chi connectivity index (χ4v) is 3.31. The van der Waals surface area contributed by atoms with Gasteiger partial charge in [-0.15, -0.1) is 0 Å². The zero-order valence-electron chi connectivity index (χ0n) is 14.0. The predicted octanol–water partition coefficient (Wildman–Crippen LogP) is 4.39. The van der Waals surface area contributed by atoms with Gasteiger partial charge in [-0.25, -0.2) is 9.97 Å². The van der Waals surface area contributed by atoms with Gasteiger partial charge in [-0.05, 0) is 36.4 Å². The van der Waals surface area contributed by atoms with Crippen molar-refractivity contribution in [1.29, 1.82) is 0 Å². The molecule has 0 fully saturated rings. The van der Waals surface area contributed by atoms with E-state index in [4.69, 9.17) is 14.4 Å². The minimum atomic E-state index is 0.737. The van der Waals surface area contributed by atoms with Crippen LogP contribution in [0.1, 0.15) is 0 Å². The molecule has 122 valence electrons. The second-order valence-corrected chi connectivity index (χ2v) is 6.13. The van der Waals surface area contributed by atoms with E-state index in [0.717, 1.165) is 45.2 Å². The van der Waals surface area contributed by atoms with E-state index in [-0.39, 0.29) is 0 Å². The first-order chi connectivity index (χ1) is 12.2. The Morgan fingerprint density at radius 3 is 1.52 bits per heavy atom. The molecule has 3 aromatic heterocycles. The third-order valence-corrected chi connectivity index (χ3v) is 4.62. The molecule has 0 aliphatic rings. The lowest BCUT2D eigenvalue weighted by Crippen LogP contribution is -1.92. The van der Waals surface area contributed by atoms with Gasteiger partial charge < -0.3 is 13.6 Å². The van der Waals surface area contributed by atoms with Crippen molar-refractivity contribution in [2.75, 3.05) is 0 Å². The first-order valence-electron chi connectivity index (χ1n) is 8.16. The first-order valence-corrected chi connectivity index (χ1v) is 8.16. The third-order valence-electron chi connectivity index (χ3n) is 4.62. The van der Waals surface area contributed by atoms with Gasteiger partial charge in [-0.2, -0.15) is 0 Å². The lowest BCUT2D eigenvalue weighted by atomic mass is 10.3. The summed E-state index contributed by atoms with van der Waals surface area (Å²) in [6.45, 7) is 0. The number of imidazole rings is 2. The Bertz CT molecular complexity index is 1130. The second kappa shape index (κ2) is 5.08. The molecule has 2 aromatic carbocycles. The molecule has 0 saturated heterocycles. The van der Waals surface area contributed by atoms with Gasteiger partial charge >= 0.3 is 0 Å². The van der Waals surface area contributed by atoms with Gasteiger partial charge in [0.1, 0.15) is 0 Å². The van der Waals surface area contributed by atoms with Gasteiger partial charge in [-0.1, -0.05) is 24.3 Å². The van der Waals surface area contributed by atoms with Gasteiger partial charge in [-0.3, -0.25) is 0 Å². The molecule has 0 spiro atoms. The molecule has 0 bridgehead atoms. The number of para-hydroxylation sites is 4. The smallest absolute Gasteiger partial charge is 0.177 e. The van der Waals surface area contributed by atoms with E-state index in [1.54, 1.807) is 0 Å². The molecule has 5 aromatic rings. The van der Waals surface area contributed by atoms with Gasteiger partial charge in [0.05, 0.1) is 22.1 Å². The van der Waals surface area contributed by atoms with E-state index < -0.39 is 0 Å². The molecular weight excluding hydrogens is 312 g/mol. The molecule has 0 unspecified atom stereocenters. The van der Waals surface area contributed by atoms with E-state index in [1.807, 2.05) is 71.8 Å². The summed E-state index contributed by atoms with van der Waals surface area (Å²) in [4.78, 5) is 9.39. The van der Waals surface area contributed by atoms with Gasteiger partial charge in [0.25, 0.3) is 0 Å². The number of aryl methyl sites for hydroxylation is 2. The maximum absolute atomic E-state index is 6.11. The van der Waals surface area contributed by atoms with Crippen molar-refractivity contribution >= 4 is 22.1 Å². The van der Waals surface area contributed by atoms with Crippen molar-refractivity contribution in [3.63, 3.8) is 0 Å². The molecule has 0 saturated carbocycles. The zero-order valence-corrected chi connectivity index (χ0v) is 14.0. The van der Waals surface area contributed by atoms with Gasteiger partial charge in [0.15, 0.2) is 23.2 Å². The third kappa shape index (κ3) is 2.02. The molecule has 5 heteroatoms. The Kier molecular flexibility index (Phi) is 2.85. The maximum atomic E-state index is 6.11. The summed E-state index contributed by atoms with van der Waals surface area (Å²) in [5.41, 5.74) is 4.08. The molecular formula is C20H16N4O. The highest BCUT2D eigenvalue weighted by molar-refractivity contribution is 5.81. The Morgan fingerprint density at radius 2 is 1.08 bits per heavy atom. The maximum Gasteiger partial charge on any atom is 0.177 e. The highest BCUT2D eigenvalue weighted by Crippen LogP contribution is 2.30. The van der Waals surface area contributed by atoms with E-state index in [0.29, 0.717) is 0 Å². The van der Waals surface area contributed by atoms with E-state index in [1.165, 1.54) is 0 Å². The molecule has 0 aliphatic heterocycles. The Hall–Kier alpha value is -3.34. The van der Waals surface area contributed by atoms with Crippen LogP contribution in [0.5, 0.6) is 0 Å². The monoisotopic (exact) mass is 328 g/mol. The molecule has 0 N–H and O–H groups in total. The molecule has 3 heterocycles. The summed E-state index contributed by atoms with van der Waals surface area (Å²) in [6, 6.07) is 20.1. The highest BCUT2D eigenvalue weighted by Gasteiger charge is 2.17. The standard InChI is InChI=1S/C20H16N4O/c1-23-15-9-5-3-7-13(15)21-19(23)17-11-12-18(25-17)20-22-14-8-4-6-10-16(14)24(20)2/h3-12H,1-2H3. The summed E-state index contributed by atoms with van der Waals surface area (Å²) in [5.74, 6) is 3.10. The Balaban J connectivity index is 1.65. The van der Waals surface area contributed by atoms with E-state index in [9.17, 15) is 0 Å². The lowest BCUT2D eigenvalue weighted by molar-refractivity contribution is 0.581. The second-order valence-electron chi connectivity index (χ2n) is 6.13. The van der Waals surface area contributed by atoms with Crippen LogP contribution in [0.2, 0.25) is 0 Å². The van der Waals surface area contributed by atoms with Crippen molar-refractivity contribution < 1.29 is 4.42 Å². The molecule has 0 radical (unpaired) electrons. The van der Waals surface area contributed by atoms with Crippen LogP contribution < -0.4 is 0 Å². The minimum absolute atomic E-state index is 0.737. The molecule has 0 amide bonds. The number of aromatic nitrogens is 4. The van der Waals surface area contributed by atoms with Crippen LogP contribution in [0, 0.1) is 0 Å². The topological polar surface area (TPSA) is 48.8 Å². The van der Waals surface area contributed by atoms with Gasteiger partial charge in [0.2, 0.25) is 0 Å². The van der Waals surface area contributed by atoms with Gasteiger partial charge in [0, 0.05) is 14.1 Å². The van der Waals surface area contributed by atoms with Crippen LogP contribution in [-0.4, -0.2) is 19.1 Å². The summed E-state index contributed by atoms with van der Waals surface area (Å²) in [5, 5.41) is 0. The highest BCUT2D eigenvalue weighted by atomic mass is 16.3. The van der Waals surface area contributed by atoms with Crippen LogP contribution in [0.25, 0.3) is 45.2 Å². The van der Waals surface area contributed by atoms with Crippen LogP contribution in [0.4, 0.5) is 0 Å². The zero-order chi connectivity index (χ0) is 17.0. The molecule has 5 rings (SSSR count). The number of benzene rings is 2. The predicted molar refractivity (Wildman–Crippen MR) is 98.1 cm³/mol. The largest absolute Gasteiger partial charge is 0.450 e. The first kappa shape index (κ1) is 14.0. The van der Waals surface area contributed by atoms with E-state index in [2.05, 4.69) is 12.1 Å². The number of nitrogens with zero attached hydrogens (tertiary/aromatic N) is 4. The SMILES string of the molecule is Cn1c(-c2ccc(-c3nc4ccccc4n3C)o2)nc2ccccc21. The van der Waals surface area contributed by atoms with Crippen LogP contribution in [0.15, 0.2) is 65.1 Å². The van der Waals surface area contributed by atoms with Crippen LogP contribution >= 0.6 is 0 Å². The molecule has 25 heavy (non-hydrogen) atoms. The van der Waals surface area contributed by atoms with Crippen molar-refractivity contribution in [3.05, 3.63) is 60.7 Å². The number of hydrogen-bond donors (Lipinski definition) is 0. The fourth-order valence-electron chi connectivity index (χ4n) is 3.31. The van der Waals surface area contributed by atoms with E-state index >= 15 is 0 Å². The fraction of sp³-hybridized carbons (Fsp3) is 0.100. The number of hydrogen-bond acceptors (Lipinski definition) is 3. The Morgan fingerprint density at radius 1 is 0.640 bits per heavy atom. The minimum Gasteiger partial charge on any atom is -0.450 e. The average molecular weight is 328 g/mol. The number of fused-ring (bicyclic) bond motifs is 2. The normalized spacial score (nSPS) is 11.6. The van der Waals surface area contributed by atoms with Crippen molar-refractivity contribution in [1.82, 2.24) is 19.1 Å². The summed E-state index contributed by atoms with van der Waals surface area (Å²) in [7, 11) is 4.00. The Labute approximate surface area is 144 Å². The van der Waals surface area contributed by atoms with Crippen molar-refractivity contribution in [2.45, 2.75) is 0 Å². The summed E-state index contributed by atoms with van der Waals surface area (Å²) in [6.07, 6.45) is 0. The average Bonchev–Trinajstić information content (AvgIpc) is 3.32.